The van der Waals surface area contributed by atoms with Gasteiger partial charge in [-0.05, 0) is 12.8 Å². The van der Waals surface area contributed by atoms with Crippen molar-refractivity contribution in [1.82, 2.24) is 15.1 Å². The first-order chi connectivity index (χ1) is 10.1. The molecule has 0 aliphatic heterocycles. The fourth-order valence-corrected chi connectivity index (χ4v) is 2.69. The van der Waals surface area contributed by atoms with E-state index in [2.05, 4.69) is 10.4 Å². The van der Waals surface area contributed by atoms with Crippen molar-refractivity contribution >= 4 is 11.6 Å². The molecular weight excluding hydrogens is 272 g/mol. The van der Waals surface area contributed by atoms with Gasteiger partial charge >= 0.3 is 5.69 Å². The molecule has 1 aromatic heterocycles. The molecule has 1 aromatic rings. The largest absolute Gasteiger partial charge is 0.353 e. The fourth-order valence-electron chi connectivity index (χ4n) is 2.69. The van der Waals surface area contributed by atoms with Gasteiger partial charge in [-0.3, -0.25) is 19.6 Å². The third-order valence-corrected chi connectivity index (χ3v) is 3.87. The summed E-state index contributed by atoms with van der Waals surface area (Å²) in [6, 6.07) is 0.282. The molecule has 1 N–H and O–H groups in total. The van der Waals surface area contributed by atoms with E-state index in [1.165, 1.54) is 49.2 Å². The molecular formula is C14H22N4O3. The van der Waals surface area contributed by atoms with Gasteiger partial charge in [-0.15, -0.1) is 0 Å². The Labute approximate surface area is 123 Å². The Morgan fingerprint density at radius 3 is 2.62 bits per heavy atom. The average molecular weight is 294 g/mol. The molecule has 1 aliphatic carbocycles. The number of nitrogens with zero attached hydrogens (tertiary/aromatic N) is 3. The van der Waals surface area contributed by atoms with Gasteiger partial charge in [-0.2, -0.15) is 5.10 Å². The Morgan fingerprint density at radius 2 is 2.00 bits per heavy atom. The van der Waals surface area contributed by atoms with Crippen LogP contribution in [0.5, 0.6) is 0 Å². The normalized spacial score (nSPS) is 17.0. The van der Waals surface area contributed by atoms with Crippen molar-refractivity contribution in [1.29, 1.82) is 0 Å². The van der Waals surface area contributed by atoms with Crippen LogP contribution in [0.4, 0.5) is 5.69 Å². The molecule has 0 aromatic carbocycles. The second-order valence-corrected chi connectivity index (χ2v) is 5.58. The number of nitro groups is 1. The van der Waals surface area contributed by atoms with E-state index in [-0.39, 0.29) is 17.6 Å². The highest BCUT2D eigenvalue weighted by atomic mass is 16.6. The molecule has 7 nitrogen and oxygen atoms in total. The standard InChI is InChI=1S/C14H22N4O3/c19-14(16-12-6-4-2-1-3-5-7-12)8-9-17-11-13(10-15-17)18(20)21/h10-12H,1-9H2,(H,16,19). The van der Waals surface area contributed by atoms with Crippen LogP contribution in [-0.2, 0) is 11.3 Å². The maximum Gasteiger partial charge on any atom is 0.306 e. The maximum absolute atomic E-state index is 11.9. The van der Waals surface area contributed by atoms with Gasteiger partial charge in [-0.25, -0.2) is 0 Å². The van der Waals surface area contributed by atoms with Crippen molar-refractivity contribution in [2.45, 2.75) is 64.0 Å². The number of nitrogens with one attached hydrogen (secondary N) is 1. The minimum atomic E-state index is -0.488. The molecule has 7 heteroatoms. The van der Waals surface area contributed by atoms with Crippen molar-refractivity contribution < 1.29 is 9.72 Å². The SMILES string of the molecule is O=C(CCn1cc([N+](=O)[O-])cn1)NC1CCCCCCC1. The molecule has 0 saturated heterocycles. The summed E-state index contributed by atoms with van der Waals surface area (Å²) in [6.45, 7) is 0.367. The first-order valence-electron chi connectivity index (χ1n) is 7.61. The molecule has 1 heterocycles. The highest BCUT2D eigenvalue weighted by molar-refractivity contribution is 5.76. The predicted octanol–water partition coefficient (Wildman–Crippen LogP) is 2.41. The van der Waals surface area contributed by atoms with E-state index < -0.39 is 4.92 Å². The van der Waals surface area contributed by atoms with E-state index in [1.807, 2.05) is 0 Å². The lowest BCUT2D eigenvalue weighted by Crippen LogP contribution is -2.35. The Kier molecular flexibility index (Phi) is 5.71. The first kappa shape index (κ1) is 15.5. The summed E-state index contributed by atoms with van der Waals surface area (Å²) in [5, 5.41) is 17.5. The smallest absolute Gasteiger partial charge is 0.306 e. The Morgan fingerprint density at radius 1 is 1.33 bits per heavy atom. The van der Waals surface area contributed by atoms with Gasteiger partial charge in [-0.1, -0.05) is 32.1 Å². The van der Waals surface area contributed by atoms with Crippen LogP contribution in [0, 0.1) is 10.1 Å². The van der Waals surface area contributed by atoms with E-state index in [9.17, 15) is 14.9 Å². The number of aromatic nitrogens is 2. The third-order valence-electron chi connectivity index (χ3n) is 3.87. The zero-order chi connectivity index (χ0) is 15.1. The number of amides is 1. The summed E-state index contributed by atoms with van der Waals surface area (Å²) in [4.78, 5) is 22.0. The molecule has 0 unspecified atom stereocenters. The second kappa shape index (κ2) is 7.75. The zero-order valence-corrected chi connectivity index (χ0v) is 12.2. The van der Waals surface area contributed by atoms with Crippen LogP contribution in [0.2, 0.25) is 0 Å². The summed E-state index contributed by atoms with van der Waals surface area (Å²) in [5.41, 5.74) is -0.0459. The van der Waals surface area contributed by atoms with Crippen molar-refractivity contribution in [3.8, 4) is 0 Å². The number of aryl methyl sites for hydroxylation is 1. The number of hydrogen-bond donors (Lipinski definition) is 1. The summed E-state index contributed by atoms with van der Waals surface area (Å²) in [7, 11) is 0. The summed E-state index contributed by atoms with van der Waals surface area (Å²) in [6.07, 6.45) is 11.1. The van der Waals surface area contributed by atoms with E-state index in [1.54, 1.807) is 0 Å². The third kappa shape index (κ3) is 5.17. The van der Waals surface area contributed by atoms with E-state index in [0.29, 0.717) is 13.0 Å². The number of carbonyl (C=O) groups excluding carboxylic acids is 1. The number of hydrogen-bond acceptors (Lipinski definition) is 4. The highest BCUT2D eigenvalue weighted by Crippen LogP contribution is 2.17. The summed E-state index contributed by atoms with van der Waals surface area (Å²) < 4.78 is 1.44. The molecule has 1 saturated carbocycles. The van der Waals surface area contributed by atoms with Crippen LogP contribution in [0.25, 0.3) is 0 Å². The van der Waals surface area contributed by atoms with Crippen molar-refractivity contribution in [2.75, 3.05) is 0 Å². The van der Waals surface area contributed by atoms with Crippen molar-refractivity contribution in [2.24, 2.45) is 0 Å². The van der Waals surface area contributed by atoms with Crippen LogP contribution in [0.1, 0.15) is 51.4 Å². The molecule has 116 valence electrons. The molecule has 0 radical (unpaired) electrons. The van der Waals surface area contributed by atoms with Gasteiger partial charge in [0.15, 0.2) is 0 Å². The molecule has 21 heavy (non-hydrogen) atoms. The lowest BCUT2D eigenvalue weighted by atomic mass is 9.96. The number of carbonyl (C=O) groups is 1. The lowest BCUT2D eigenvalue weighted by Gasteiger charge is -2.21. The van der Waals surface area contributed by atoms with Crippen LogP contribution in [0.3, 0.4) is 0 Å². The maximum atomic E-state index is 11.9. The topological polar surface area (TPSA) is 90.1 Å². The minimum Gasteiger partial charge on any atom is -0.353 e. The van der Waals surface area contributed by atoms with Crippen LogP contribution >= 0.6 is 0 Å². The predicted molar refractivity (Wildman–Crippen MR) is 77.7 cm³/mol. The molecule has 1 amide bonds. The highest BCUT2D eigenvalue weighted by Gasteiger charge is 2.14. The molecule has 2 rings (SSSR count). The molecule has 0 spiro atoms. The fraction of sp³-hybridized carbons (Fsp3) is 0.714. The molecule has 0 bridgehead atoms. The van der Waals surface area contributed by atoms with Crippen LogP contribution in [-0.4, -0.2) is 26.7 Å². The first-order valence-corrected chi connectivity index (χ1v) is 7.61. The molecule has 1 fully saturated rings. The quantitative estimate of drug-likeness (QED) is 0.667. The van der Waals surface area contributed by atoms with Crippen LogP contribution in [0.15, 0.2) is 12.4 Å². The van der Waals surface area contributed by atoms with Crippen molar-refractivity contribution in [3.05, 3.63) is 22.5 Å². The van der Waals surface area contributed by atoms with E-state index in [0.717, 1.165) is 12.8 Å². The Hall–Kier alpha value is -1.92. The average Bonchev–Trinajstić information content (AvgIpc) is 2.88. The van der Waals surface area contributed by atoms with Gasteiger partial charge in [0.2, 0.25) is 5.91 Å². The summed E-state index contributed by atoms with van der Waals surface area (Å²) in [5.74, 6) is -0.00118. The van der Waals surface area contributed by atoms with Crippen molar-refractivity contribution in [3.63, 3.8) is 0 Å². The van der Waals surface area contributed by atoms with Crippen LogP contribution < -0.4 is 5.32 Å². The van der Waals surface area contributed by atoms with Gasteiger partial charge in [0.1, 0.15) is 12.4 Å². The zero-order valence-electron chi connectivity index (χ0n) is 12.2. The van der Waals surface area contributed by atoms with Gasteiger partial charge in [0.05, 0.1) is 4.92 Å². The van der Waals surface area contributed by atoms with E-state index >= 15 is 0 Å². The Balaban J connectivity index is 1.74. The summed E-state index contributed by atoms with van der Waals surface area (Å²) >= 11 is 0. The van der Waals surface area contributed by atoms with E-state index in [4.69, 9.17) is 0 Å². The Bertz CT molecular complexity index is 478. The molecule has 0 atom stereocenters. The minimum absolute atomic E-state index is 0.00118. The lowest BCUT2D eigenvalue weighted by molar-refractivity contribution is -0.385. The second-order valence-electron chi connectivity index (χ2n) is 5.58. The number of rotatable bonds is 5. The molecule has 1 aliphatic rings. The van der Waals surface area contributed by atoms with Gasteiger partial charge < -0.3 is 5.32 Å². The van der Waals surface area contributed by atoms with Gasteiger partial charge in [0.25, 0.3) is 0 Å². The van der Waals surface area contributed by atoms with Gasteiger partial charge in [0, 0.05) is 19.0 Å². The monoisotopic (exact) mass is 294 g/mol.